The van der Waals surface area contributed by atoms with Gasteiger partial charge in [0.1, 0.15) is 6.29 Å². The van der Waals surface area contributed by atoms with Crippen molar-refractivity contribution in [3.8, 4) is 0 Å². The average Bonchev–Trinajstić information content (AvgIpc) is 2.20. The highest BCUT2D eigenvalue weighted by atomic mass is 79.9. The van der Waals surface area contributed by atoms with Crippen molar-refractivity contribution in [2.24, 2.45) is 5.92 Å². The lowest BCUT2D eigenvalue weighted by atomic mass is 9.97. The van der Waals surface area contributed by atoms with Gasteiger partial charge < -0.3 is 9.90 Å². The molecule has 0 aliphatic rings. The highest BCUT2D eigenvalue weighted by molar-refractivity contribution is 9.10. The van der Waals surface area contributed by atoms with Gasteiger partial charge in [-0.15, -0.1) is 0 Å². The first-order valence-electron chi connectivity index (χ1n) is 4.65. The third kappa shape index (κ3) is 3.61. The third-order valence-corrected chi connectivity index (χ3v) is 3.06. The van der Waals surface area contributed by atoms with Crippen molar-refractivity contribution in [3.05, 3.63) is 33.3 Å². The Labute approximate surface area is 107 Å². The molecule has 1 atom stereocenters. The van der Waals surface area contributed by atoms with Crippen LogP contribution in [0.2, 0.25) is 5.02 Å². The van der Waals surface area contributed by atoms with Gasteiger partial charge in [-0.1, -0.05) is 33.6 Å². The number of rotatable bonds is 5. The van der Waals surface area contributed by atoms with Crippen LogP contribution in [0.5, 0.6) is 0 Å². The lowest BCUT2D eigenvalue weighted by molar-refractivity contribution is -0.142. The lowest BCUT2D eigenvalue weighted by Gasteiger charge is -2.10. The van der Waals surface area contributed by atoms with Gasteiger partial charge in [-0.25, -0.2) is 0 Å². The Hall–Kier alpha value is -0.870. The summed E-state index contributed by atoms with van der Waals surface area (Å²) in [4.78, 5) is 21.2. The molecule has 0 aromatic heterocycles. The summed E-state index contributed by atoms with van der Waals surface area (Å²) in [6.07, 6.45) is 0.882. The first-order chi connectivity index (χ1) is 7.54. The van der Waals surface area contributed by atoms with Gasteiger partial charge in [0, 0.05) is 15.9 Å². The van der Waals surface area contributed by atoms with Crippen molar-refractivity contribution in [2.75, 3.05) is 0 Å². The Balaban J connectivity index is 2.84. The molecule has 16 heavy (non-hydrogen) atoms. The number of hydrogen-bond donors (Lipinski definition) is 1. The molecule has 0 fully saturated rings. The molecule has 86 valence electrons. The first kappa shape index (κ1) is 13.2. The van der Waals surface area contributed by atoms with Gasteiger partial charge >= 0.3 is 5.97 Å². The van der Waals surface area contributed by atoms with E-state index in [1.807, 2.05) is 0 Å². The van der Waals surface area contributed by atoms with Crippen molar-refractivity contribution in [1.82, 2.24) is 0 Å². The fourth-order valence-corrected chi connectivity index (χ4v) is 2.09. The summed E-state index contributed by atoms with van der Waals surface area (Å²) in [5, 5.41) is 9.41. The zero-order valence-corrected chi connectivity index (χ0v) is 10.7. The van der Waals surface area contributed by atoms with E-state index in [1.54, 1.807) is 18.2 Å². The third-order valence-electron chi connectivity index (χ3n) is 2.21. The minimum Gasteiger partial charge on any atom is -0.481 e. The topological polar surface area (TPSA) is 54.4 Å². The Bertz CT molecular complexity index is 406. The number of carbonyl (C=O) groups excluding carboxylic acids is 1. The van der Waals surface area contributed by atoms with Gasteiger partial charge in [-0.3, -0.25) is 4.79 Å². The summed E-state index contributed by atoms with van der Waals surface area (Å²) in [5.74, 6) is -1.69. The number of carboxylic acid groups (broad SMARTS) is 1. The Kier molecular flexibility index (Phi) is 4.96. The maximum Gasteiger partial charge on any atom is 0.307 e. The van der Waals surface area contributed by atoms with Crippen LogP contribution in [0.25, 0.3) is 0 Å². The number of carboxylic acids is 1. The van der Waals surface area contributed by atoms with E-state index in [-0.39, 0.29) is 12.8 Å². The minimum absolute atomic E-state index is 0.00171. The molecule has 1 rings (SSSR count). The van der Waals surface area contributed by atoms with Gasteiger partial charge in [-0.2, -0.15) is 0 Å². The minimum atomic E-state index is -0.980. The Morgan fingerprint density at radius 2 is 2.25 bits per heavy atom. The standard InChI is InChI=1S/C11H10BrClO3/c12-9-2-1-7(10(13)6-9)5-8(3-4-14)11(15)16/h1-2,4,6,8H,3,5H2,(H,15,16). The summed E-state index contributed by atoms with van der Waals surface area (Å²) in [6, 6.07) is 5.25. The molecule has 0 aliphatic heterocycles. The van der Waals surface area contributed by atoms with E-state index in [1.165, 1.54) is 0 Å². The van der Waals surface area contributed by atoms with Crippen LogP contribution in [0.4, 0.5) is 0 Å². The van der Waals surface area contributed by atoms with E-state index >= 15 is 0 Å². The van der Waals surface area contributed by atoms with Gasteiger partial charge in [0.25, 0.3) is 0 Å². The number of benzene rings is 1. The number of hydrogen-bond acceptors (Lipinski definition) is 2. The predicted octanol–water partition coefficient (Wildman–Crippen LogP) is 2.93. The first-order valence-corrected chi connectivity index (χ1v) is 5.82. The maximum absolute atomic E-state index is 10.9. The van der Waals surface area contributed by atoms with E-state index in [2.05, 4.69) is 15.9 Å². The van der Waals surface area contributed by atoms with Crippen LogP contribution in [0.15, 0.2) is 22.7 Å². The van der Waals surface area contributed by atoms with E-state index in [4.69, 9.17) is 16.7 Å². The lowest BCUT2D eigenvalue weighted by Crippen LogP contribution is -2.17. The van der Waals surface area contributed by atoms with E-state index in [0.717, 1.165) is 10.0 Å². The Morgan fingerprint density at radius 3 is 2.75 bits per heavy atom. The van der Waals surface area contributed by atoms with Gasteiger partial charge in [-0.05, 0) is 24.1 Å². The largest absolute Gasteiger partial charge is 0.481 e. The smallest absolute Gasteiger partial charge is 0.307 e. The summed E-state index contributed by atoms with van der Waals surface area (Å²) >= 11 is 9.23. The average molecular weight is 306 g/mol. The van der Waals surface area contributed by atoms with Crippen LogP contribution in [0.1, 0.15) is 12.0 Å². The summed E-state index contributed by atoms with van der Waals surface area (Å²) in [5.41, 5.74) is 0.735. The van der Waals surface area contributed by atoms with Crippen molar-refractivity contribution in [3.63, 3.8) is 0 Å². The molecule has 0 saturated carbocycles. The second-order valence-electron chi connectivity index (χ2n) is 3.38. The summed E-state index contributed by atoms with van der Waals surface area (Å²) < 4.78 is 0.837. The molecule has 1 N–H and O–H groups in total. The van der Waals surface area contributed by atoms with Crippen LogP contribution in [-0.2, 0) is 16.0 Å². The molecule has 3 nitrogen and oxygen atoms in total. The van der Waals surface area contributed by atoms with Crippen LogP contribution in [0, 0.1) is 5.92 Å². The molecule has 0 radical (unpaired) electrons. The molecule has 0 aliphatic carbocycles. The van der Waals surface area contributed by atoms with Crippen LogP contribution < -0.4 is 0 Å². The monoisotopic (exact) mass is 304 g/mol. The highest BCUT2D eigenvalue weighted by Crippen LogP contribution is 2.24. The molecule has 0 spiro atoms. The molecule has 0 saturated heterocycles. The SMILES string of the molecule is O=CCC(Cc1ccc(Br)cc1Cl)C(=O)O. The number of aldehydes is 1. The predicted molar refractivity (Wildman–Crippen MR) is 64.7 cm³/mol. The van der Waals surface area contributed by atoms with Gasteiger partial charge in [0.05, 0.1) is 5.92 Å². The number of aliphatic carboxylic acids is 1. The molecule has 5 heteroatoms. The fourth-order valence-electron chi connectivity index (χ4n) is 1.34. The number of carbonyl (C=O) groups is 2. The van der Waals surface area contributed by atoms with Crippen molar-refractivity contribution < 1.29 is 14.7 Å². The summed E-state index contributed by atoms with van der Waals surface area (Å²) in [7, 11) is 0. The second kappa shape index (κ2) is 6.01. The van der Waals surface area contributed by atoms with Crippen molar-refractivity contribution in [1.29, 1.82) is 0 Å². The molecular weight excluding hydrogens is 295 g/mol. The molecule has 1 aromatic rings. The van der Waals surface area contributed by atoms with E-state index in [0.29, 0.717) is 11.3 Å². The zero-order chi connectivity index (χ0) is 12.1. The number of halogens is 2. The normalized spacial score (nSPS) is 12.1. The maximum atomic E-state index is 10.9. The highest BCUT2D eigenvalue weighted by Gasteiger charge is 2.18. The molecular formula is C11H10BrClO3. The Morgan fingerprint density at radius 1 is 1.56 bits per heavy atom. The van der Waals surface area contributed by atoms with Crippen LogP contribution in [0.3, 0.4) is 0 Å². The molecule has 1 aromatic carbocycles. The van der Waals surface area contributed by atoms with Gasteiger partial charge in [0.2, 0.25) is 0 Å². The zero-order valence-electron chi connectivity index (χ0n) is 8.32. The van der Waals surface area contributed by atoms with Crippen molar-refractivity contribution >= 4 is 39.8 Å². The molecule has 0 heterocycles. The summed E-state index contributed by atoms with van der Waals surface area (Å²) in [6.45, 7) is 0. The fraction of sp³-hybridized carbons (Fsp3) is 0.273. The van der Waals surface area contributed by atoms with Crippen molar-refractivity contribution in [2.45, 2.75) is 12.8 Å². The van der Waals surface area contributed by atoms with E-state index in [9.17, 15) is 9.59 Å². The molecule has 0 amide bonds. The van der Waals surface area contributed by atoms with Crippen LogP contribution in [-0.4, -0.2) is 17.4 Å². The molecule has 0 bridgehead atoms. The quantitative estimate of drug-likeness (QED) is 0.851. The molecule has 1 unspecified atom stereocenters. The van der Waals surface area contributed by atoms with Gasteiger partial charge in [0.15, 0.2) is 0 Å². The van der Waals surface area contributed by atoms with E-state index < -0.39 is 11.9 Å². The van der Waals surface area contributed by atoms with Crippen LogP contribution >= 0.6 is 27.5 Å². The second-order valence-corrected chi connectivity index (χ2v) is 4.70.